The van der Waals surface area contributed by atoms with E-state index in [2.05, 4.69) is 43.5 Å². The summed E-state index contributed by atoms with van der Waals surface area (Å²) in [4.78, 5) is 24.5. The number of hydrogen-bond donors (Lipinski definition) is 3. The fraction of sp³-hybridized carbons (Fsp3) is 0.906. The summed E-state index contributed by atoms with van der Waals surface area (Å²) in [7, 11) is 0. The molecule has 0 fully saturated rings. The van der Waals surface area contributed by atoms with Crippen LogP contribution in [-0.4, -0.2) is 47.4 Å². The standard InChI is InChI=1S/C64H123NO5/c1-3-5-7-9-11-13-15-16-17-31-34-38-42-46-50-54-58-64(69)70-59-55-51-47-43-39-35-32-29-27-25-23-21-19-18-20-22-24-26-28-30-33-37-41-45-49-53-57-63(68)65-61(60-66)62(67)56-52-48-44-40-36-14-12-10-8-6-4-2/h13,15,17,31,61-62,66-67H,3-12,14,16,18-30,32-60H2,1-2H3,(H,65,68)/b15-13-,31-17-. The molecule has 0 aliphatic rings. The van der Waals surface area contributed by atoms with Gasteiger partial charge in [0.2, 0.25) is 5.91 Å². The first kappa shape index (κ1) is 68.3. The Hall–Kier alpha value is -1.66. The minimum atomic E-state index is -0.661. The zero-order chi connectivity index (χ0) is 50.7. The van der Waals surface area contributed by atoms with E-state index in [4.69, 9.17) is 4.74 Å². The summed E-state index contributed by atoms with van der Waals surface area (Å²) < 4.78 is 5.49. The summed E-state index contributed by atoms with van der Waals surface area (Å²) in [5.41, 5.74) is 0. The summed E-state index contributed by atoms with van der Waals surface area (Å²) >= 11 is 0. The van der Waals surface area contributed by atoms with Crippen molar-refractivity contribution in [2.75, 3.05) is 13.2 Å². The van der Waals surface area contributed by atoms with Gasteiger partial charge in [-0.05, 0) is 57.8 Å². The summed E-state index contributed by atoms with van der Waals surface area (Å²) in [5.74, 6) is -0.0286. The maximum atomic E-state index is 12.4. The van der Waals surface area contributed by atoms with Crippen LogP contribution in [0.3, 0.4) is 0 Å². The third-order valence-corrected chi connectivity index (χ3v) is 14.8. The number of unbranched alkanes of at least 4 members (excludes halogenated alkanes) is 44. The Labute approximate surface area is 437 Å². The number of aliphatic hydroxyl groups is 2. The molecule has 0 aromatic carbocycles. The molecule has 0 radical (unpaired) electrons. The van der Waals surface area contributed by atoms with Crippen molar-refractivity contribution < 1.29 is 24.5 Å². The average molecular weight is 987 g/mol. The Morgan fingerprint density at radius 1 is 0.400 bits per heavy atom. The lowest BCUT2D eigenvalue weighted by molar-refractivity contribution is -0.143. The lowest BCUT2D eigenvalue weighted by atomic mass is 10.0. The van der Waals surface area contributed by atoms with Crippen LogP contribution in [-0.2, 0) is 14.3 Å². The molecular formula is C64H123NO5. The van der Waals surface area contributed by atoms with Crippen molar-refractivity contribution >= 4 is 11.9 Å². The molecule has 0 saturated carbocycles. The predicted molar refractivity (Wildman–Crippen MR) is 306 cm³/mol. The van der Waals surface area contributed by atoms with Crippen LogP contribution in [0.25, 0.3) is 0 Å². The van der Waals surface area contributed by atoms with E-state index in [1.54, 1.807) is 0 Å². The third-order valence-electron chi connectivity index (χ3n) is 14.8. The van der Waals surface area contributed by atoms with E-state index in [1.807, 2.05) is 0 Å². The molecule has 0 rings (SSSR count). The number of ether oxygens (including phenoxy) is 1. The molecule has 0 aliphatic carbocycles. The van der Waals surface area contributed by atoms with Crippen molar-refractivity contribution in [3.05, 3.63) is 24.3 Å². The average Bonchev–Trinajstić information content (AvgIpc) is 3.36. The number of allylic oxidation sites excluding steroid dienone is 4. The van der Waals surface area contributed by atoms with Crippen molar-refractivity contribution in [2.24, 2.45) is 0 Å². The molecule has 70 heavy (non-hydrogen) atoms. The van der Waals surface area contributed by atoms with E-state index in [-0.39, 0.29) is 18.5 Å². The number of carbonyl (C=O) groups is 2. The van der Waals surface area contributed by atoms with E-state index in [0.717, 1.165) is 51.4 Å². The molecule has 1 amide bonds. The molecule has 3 N–H and O–H groups in total. The molecule has 0 aromatic rings. The van der Waals surface area contributed by atoms with Crippen molar-refractivity contribution in [2.45, 2.75) is 360 Å². The van der Waals surface area contributed by atoms with Crippen LogP contribution >= 0.6 is 0 Å². The van der Waals surface area contributed by atoms with Crippen LogP contribution < -0.4 is 5.32 Å². The van der Waals surface area contributed by atoms with Crippen LogP contribution in [0.1, 0.15) is 348 Å². The van der Waals surface area contributed by atoms with Crippen molar-refractivity contribution in [3.63, 3.8) is 0 Å². The van der Waals surface area contributed by atoms with Crippen molar-refractivity contribution in [1.82, 2.24) is 5.32 Å². The van der Waals surface area contributed by atoms with E-state index in [1.165, 1.54) is 263 Å². The first-order chi connectivity index (χ1) is 34.5. The first-order valence-corrected chi connectivity index (χ1v) is 31.6. The van der Waals surface area contributed by atoms with Gasteiger partial charge in [-0.1, -0.05) is 301 Å². The second-order valence-corrected chi connectivity index (χ2v) is 21.7. The minimum Gasteiger partial charge on any atom is -0.466 e. The van der Waals surface area contributed by atoms with Gasteiger partial charge in [-0.25, -0.2) is 0 Å². The molecule has 0 heterocycles. The van der Waals surface area contributed by atoms with E-state index >= 15 is 0 Å². The van der Waals surface area contributed by atoms with Crippen LogP contribution in [0.2, 0.25) is 0 Å². The molecule has 0 spiro atoms. The van der Waals surface area contributed by atoms with Crippen LogP contribution in [0.5, 0.6) is 0 Å². The third kappa shape index (κ3) is 55.7. The van der Waals surface area contributed by atoms with Gasteiger partial charge in [0.15, 0.2) is 0 Å². The monoisotopic (exact) mass is 986 g/mol. The molecule has 6 nitrogen and oxygen atoms in total. The van der Waals surface area contributed by atoms with E-state index in [9.17, 15) is 19.8 Å². The molecule has 0 bridgehead atoms. The number of hydrogen-bond acceptors (Lipinski definition) is 5. The second kappa shape index (κ2) is 59.9. The normalized spacial score (nSPS) is 12.7. The van der Waals surface area contributed by atoms with Gasteiger partial charge in [0, 0.05) is 12.8 Å². The van der Waals surface area contributed by atoms with Gasteiger partial charge in [-0.3, -0.25) is 9.59 Å². The van der Waals surface area contributed by atoms with Crippen LogP contribution in [0.15, 0.2) is 24.3 Å². The van der Waals surface area contributed by atoms with Gasteiger partial charge >= 0.3 is 5.97 Å². The quantitative estimate of drug-likeness (QED) is 0.0321. The van der Waals surface area contributed by atoms with Gasteiger partial charge in [-0.15, -0.1) is 0 Å². The smallest absolute Gasteiger partial charge is 0.305 e. The Morgan fingerprint density at radius 3 is 1.10 bits per heavy atom. The topological polar surface area (TPSA) is 95.9 Å². The number of amides is 1. The summed E-state index contributed by atoms with van der Waals surface area (Å²) in [6.07, 6.45) is 73.4. The number of nitrogens with one attached hydrogen (secondary N) is 1. The molecule has 6 heteroatoms. The van der Waals surface area contributed by atoms with Gasteiger partial charge < -0.3 is 20.3 Å². The maximum Gasteiger partial charge on any atom is 0.305 e. The van der Waals surface area contributed by atoms with Crippen LogP contribution in [0, 0.1) is 0 Å². The maximum absolute atomic E-state index is 12.4. The number of rotatable bonds is 59. The minimum absolute atomic E-state index is 0.00405. The second-order valence-electron chi connectivity index (χ2n) is 21.7. The molecule has 0 saturated heterocycles. The molecule has 0 aliphatic heterocycles. The van der Waals surface area contributed by atoms with Gasteiger partial charge in [0.05, 0.1) is 25.4 Å². The van der Waals surface area contributed by atoms with E-state index < -0.39 is 12.1 Å². The fourth-order valence-electron chi connectivity index (χ4n) is 9.91. The molecular weight excluding hydrogens is 863 g/mol. The van der Waals surface area contributed by atoms with Crippen LogP contribution in [0.4, 0.5) is 0 Å². The van der Waals surface area contributed by atoms with Gasteiger partial charge in [-0.2, -0.15) is 0 Å². The molecule has 2 atom stereocenters. The zero-order valence-corrected chi connectivity index (χ0v) is 47.3. The Bertz CT molecular complexity index is 1090. The lowest BCUT2D eigenvalue weighted by Crippen LogP contribution is -2.45. The van der Waals surface area contributed by atoms with E-state index in [0.29, 0.717) is 25.9 Å². The highest BCUT2D eigenvalue weighted by atomic mass is 16.5. The predicted octanol–water partition coefficient (Wildman–Crippen LogP) is 19.8. The highest BCUT2D eigenvalue weighted by Gasteiger charge is 2.20. The van der Waals surface area contributed by atoms with Crippen molar-refractivity contribution in [3.8, 4) is 0 Å². The summed E-state index contributed by atoms with van der Waals surface area (Å²) in [6.45, 7) is 4.94. The highest BCUT2D eigenvalue weighted by molar-refractivity contribution is 5.76. The molecule has 2 unspecified atom stereocenters. The summed E-state index contributed by atoms with van der Waals surface area (Å²) in [6, 6.07) is -0.538. The Balaban J connectivity index is 3.33. The number of aliphatic hydroxyl groups excluding tert-OH is 2. The van der Waals surface area contributed by atoms with Crippen molar-refractivity contribution in [1.29, 1.82) is 0 Å². The molecule has 0 aromatic heterocycles. The highest BCUT2D eigenvalue weighted by Crippen LogP contribution is 2.18. The Morgan fingerprint density at radius 2 is 0.714 bits per heavy atom. The van der Waals surface area contributed by atoms with Gasteiger partial charge in [0.25, 0.3) is 0 Å². The largest absolute Gasteiger partial charge is 0.466 e. The molecule has 414 valence electrons. The SMILES string of the molecule is CCCCCC/C=C\C/C=C\CCCCCCCC(=O)OCCCCCCCCCCCCCCCCCCCCCCCCCCCCC(=O)NC(CO)C(O)CCCCCCCCCCCCC. The fourth-order valence-corrected chi connectivity index (χ4v) is 9.91. The number of carbonyl (C=O) groups excluding carboxylic acids is 2. The first-order valence-electron chi connectivity index (χ1n) is 31.6. The number of esters is 1. The lowest BCUT2D eigenvalue weighted by Gasteiger charge is -2.22. The summed E-state index contributed by atoms with van der Waals surface area (Å²) in [5, 5.41) is 23.2. The van der Waals surface area contributed by atoms with Gasteiger partial charge in [0.1, 0.15) is 0 Å². The zero-order valence-electron chi connectivity index (χ0n) is 47.3. The Kier molecular flexibility index (Phi) is 58.5.